The van der Waals surface area contributed by atoms with Crippen LogP contribution in [-0.4, -0.2) is 5.25 Å². The van der Waals surface area contributed by atoms with E-state index in [1.54, 1.807) is 5.57 Å². The maximum atomic E-state index is 4.56. The van der Waals surface area contributed by atoms with Gasteiger partial charge in [0.05, 0.1) is 0 Å². The second-order valence-electron chi connectivity index (χ2n) is 4.00. The van der Waals surface area contributed by atoms with E-state index in [0.717, 1.165) is 0 Å². The summed E-state index contributed by atoms with van der Waals surface area (Å²) in [5.74, 6) is 0. The molecule has 0 saturated heterocycles. The highest BCUT2D eigenvalue weighted by molar-refractivity contribution is 7.80. The van der Waals surface area contributed by atoms with E-state index < -0.39 is 0 Å². The Morgan fingerprint density at radius 1 is 1.38 bits per heavy atom. The molecule has 1 atom stereocenters. The SMILES string of the molecule is CCCC(S)CCC1=CC=C(C)C1. The van der Waals surface area contributed by atoms with Crippen LogP contribution in [0.3, 0.4) is 0 Å². The Balaban J connectivity index is 2.14. The quantitative estimate of drug-likeness (QED) is 0.628. The molecule has 1 rings (SSSR count). The van der Waals surface area contributed by atoms with Crippen molar-refractivity contribution < 1.29 is 0 Å². The number of rotatable bonds is 5. The number of hydrogen-bond donors (Lipinski definition) is 1. The summed E-state index contributed by atoms with van der Waals surface area (Å²) in [6, 6.07) is 0. The smallest absolute Gasteiger partial charge is 0.00197 e. The van der Waals surface area contributed by atoms with Crippen LogP contribution in [0.4, 0.5) is 0 Å². The fraction of sp³-hybridized carbons (Fsp3) is 0.667. The Morgan fingerprint density at radius 3 is 2.69 bits per heavy atom. The summed E-state index contributed by atoms with van der Waals surface area (Å²) in [7, 11) is 0. The number of thiol groups is 1. The van der Waals surface area contributed by atoms with Crippen LogP contribution in [-0.2, 0) is 0 Å². The summed E-state index contributed by atoms with van der Waals surface area (Å²) in [5.41, 5.74) is 3.09. The molecule has 0 amide bonds. The zero-order chi connectivity index (χ0) is 9.68. The zero-order valence-corrected chi connectivity index (χ0v) is 9.61. The molecule has 0 nitrogen and oxygen atoms in total. The highest BCUT2D eigenvalue weighted by Crippen LogP contribution is 2.24. The first kappa shape index (κ1) is 10.9. The zero-order valence-electron chi connectivity index (χ0n) is 8.71. The minimum atomic E-state index is 0.604. The van der Waals surface area contributed by atoms with Gasteiger partial charge in [-0.2, -0.15) is 12.6 Å². The normalized spacial score (nSPS) is 18.4. The van der Waals surface area contributed by atoms with Gasteiger partial charge in [-0.15, -0.1) is 0 Å². The van der Waals surface area contributed by atoms with Gasteiger partial charge in [0.15, 0.2) is 0 Å². The molecule has 1 heteroatoms. The van der Waals surface area contributed by atoms with Crippen molar-refractivity contribution in [3.05, 3.63) is 23.3 Å². The van der Waals surface area contributed by atoms with Crippen molar-refractivity contribution in [1.82, 2.24) is 0 Å². The average molecular weight is 196 g/mol. The Kier molecular flexibility index (Phi) is 4.65. The first-order chi connectivity index (χ1) is 6.22. The van der Waals surface area contributed by atoms with Crippen molar-refractivity contribution in [3.8, 4) is 0 Å². The molecule has 0 radical (unpaired) electrons. The lowest BCUT2D eigenvalue weighted by Crippen LogP contribution is -1.98. The van der Waals surface area contributed by atoms with Gasteiger partial charge in [-0.1, -0.05) is 36.6 Å². The summed E-state index contributed by atoms with van der Waals surface area (Å²) in [5, 5.41) is 0.604. The first-order valence-corrected chi connectivity index (χ1v) is 5.77. The average Bonchev–Trinajstić information content (AvgIpc) is 2.49. The summed E-state index contributed by atoms with van der Waals surface area (Å²) < 4.78 is 0. The molecule has 0 N–H and O–H groups in total. The van der Waals surface area contributed by atoms with Gasteiger partial charge in [-0.25, -0.2) is 0 Å². The molecule has 0 saturated carbocycles. The number of hydrogen-bond acceptors (Lipinski definition) is 1. The molecular weight excluding hydrogens is 176 g/mol. The standard InChI is InChI=1S/C12H20S/c1-3-4-12(13)8-7-11-6-5-10(2)9-11/h5-6,12-13H,3-4,7-9H2,1-2H3. The van der Waals surface area contributed by atoms with Crippen LogP contribution in [0.25, 0.3) is 0 Å². The fourth-order valence-electron chi connectivity index (χ4n) is 1.74. The van der Waals surface area contributed by atoms with Gasteiger partial charge < -0.3 is 0 Å². The van der Waals surface area contributed by atoms with Gasteiger partial charge >= 0.3 is 0 Å². The molecule has 0 fully saturated rings. The lowest BCUT2D eigenvalue weighted by Gasteiger charge is -2.09. The van der Waals surface area contributed by atoms with Crippen LogP contribution in [0.2, 0.25) is 0 Å². The van der Waals surface area contributed by atoms with Crippen LogP contribution in [0.15, 0.2) is 23.3 Å². The van der Waals surface area contributed by atoms with E-state index >= 15 is 0 Å². The van der Waals surface area contributed by atoms with Gasteiger partial charge in [0.2, 0.25) is 0 Å². The lowest BCUT2D eigenvalue weighted by molar-refractivity contribution is 0.680. The third kappa shape index (κ3) is 4.04. The first-order valence-electron chi connectivity index (χ1n) is 5.25. The molecule has 0 aromatic heterocycles. The lowest BCUT2D eigenvalue weighted by atomic mass is 10.0. The monoisotopic (exact) mass is 196 g/mol. The maximum absolute atomic E-state index is 4.56. The molecule has 0 aromatic rings. The van der Waals surface area contributed by atoms with Crippen LogP contribution < -0.4 is 0 Å². The van der Waals surface area contributed by atoms with E-state index in [-0.39, 0.29) is 0 Å². The predicted octanol–water partition coefficient (Wildman–Crippen LogP) is 4.14. The highest BCUT2D eigenvalue weighted by atomic mass is 32.1. The van der Waals surface area contributed by atoms with Crippen molar-refractivity contribution in [3.63, 3.8) is 0 Å². The molecule has 0 spiro atoms. The predicted molar refractivity (Wildman–Crippen MR) is 63.4 cm³/mol. The van der Waals surface area contributed by atoms with E-state index in [1.165, 1.54) is 37.7 Å². The van der Waals surface area contributed by atoms with Gasteiger partial charge in [0, 0.05) is 5.25 Å². The Hall–Kier alpha value is -0.170. The molecule has 0 aromatic carbocycles. The highest BCUT2D eigenvalue weighted by Gasteiger charge is 2.07. The summed E-state index contributed by atoms with van der Waals surface area (Å²) in [6.45, 7) is 4.43. The van der Waals surface area contributed by atoms with E-state index in [9.17, 15) is 0 Å². The topological polar surface area (TPSA) is 0 Å². The van der Waals surface area contributed by atoms with Crippen LogP contribution in [0.1, 0.15) is 46.0 Å². The van der Waals surface area contributed by atoms with Crippen molar-refractivity contribution >= 4 is 12.6 Å². The molecule has 13 heavy (non-hydrogen) atoms. The summed E-state index contributed by atoms with van der Waals surface area (Å²) in [4.78, 5) is 0. The van der Waals surface area contributed by atoms with Gasteiger partial charge in [-0.05, 0) is 32.6 Å². The van der Waals surface area contributed by atoms with Crippen molar-refractivity contribution in [2.24, 2.45) is 0 Å². The van der Waals surface area contributed by atoms with Crippen molar-refractivity contribution in [2.45, 2.75) is 51.2 Å². The van der Waals surface area contributed by atoms with E-state index in [2.05, 4.69) is 38.6 Å². The minimum absolute atomic E-state index is 0.604. The van der Waals surface area contributed by atoms with E-state index in [1.807, 2.05) is 0 Å². The Bertz CT molecular complexity index is 213. The van der Waals surface area contributed by atoms with Crippen LogP contribution in [0.5, 0.6) is 0 Å². The largest absolute Gasteiger partial charge is 0.176 e. The summed E-state index contributed by atoms with van der Waals surface area (Å²) >= 11 is 4.56. The van der Waals surface area contributed by atoms with E-state index in [0.29, 0.717) is 5.25 Å². The molecule has 1 unspecified atom stereocenters. The third-order valence-electron chi connectivity index (χ3n) is 2.53. The van der Waals surface area contributed by atoms with Gasteiger partial charge in [0.25, 0.3) is 0 Å². The molecule has 1 aliphatic rings. The molecule has 0 aliphatic heterocycles. The Labute approximate surface area is 87.5 Å². The van der Waals surface area contributed by atoms with Crippen molar-refractivity contribution in [1.29, 1.82) is 0 Å². The molecule has 0 bridgehead atoms. The Morgan fingerprint density at radius 2 is 2.15 bits per heavy atom. The number of allylic oxidation sites excluding steroid dienone is 4. The second kappa shape index (κ2) is 5.54. The fourth-order valence-corrected chi connectivity index (χ4v) is 2.12. The van der Waals surface area contributed by atoms with Gasteiger partial charge in [-0.3, -0.25) is 0 Å². The molecule has 1 aliphatic carbocycles. The third-order valence-corrected chi connectivity index (χ3v) is 3.05. The molecule has 0 heterocycles. The van der Waals surface area contributed by atoms with Crippen molar-refractivity contribution in [2.75, 3.05) is 0 Å². The minimum Gasteiger partial charge on any atom is -0.176 e. The molecule has 74 valence electrons. The van der Waals surface area contributed by atoms with Gasteiger partial charge in [0.1, 0.15) is 0 Å². The van der Waals surface area contributed by atoms with E-state index in [4.69, 9.17) is 0 Å². The second-order valence-corrected chi connectivity index (χ2v) is 4.73. The maximum Gasteiger partial charge on any atom is 0.00197 e. The van der Waals surface area contributed by atoms with Crippen LogP contribution in [0, 0.1) is 0 Å². The molecular formula is C12H20S. The van der Waals surface area contributed by atoms with Crippen LogP contribution >= 0.6 is 12.6 Å². The summed E-state index contributed by atoms with van der Waals surface area (Å²) in [6.07, 6.45) is 10.7.